The number of nitrogens with one attached hydrogen (secondary N) is 1. The number of anilines is 1. The summed E-state index contributed by atoms with van der Waals surface area (Å²) in [5.41, 5.74) is 0.654. The van der Waals surface area contributed by atoms with Crippen molar-refractivity contribution < 1.29 is 24.9 Å². The third kappa shape index (κ3) is 3.04. The largest absolute Gasteiger partial charge is 0.444 e. The lowest BCUT2D eigenvalue weighted by molar-refractivity contribution is -0.0588. The Hall–Kier alpha value is -1.87. The molecule has 3 aliphatic heterocycles. The second-order valence-corrected chi connectivity index (χ2v) is 9.06. The summed E-state index contributed by atoms with van der Waals surface area (Å²) in [6.07, 6.45) is -1.93. The minimum atomic E-state index is -0.955. The molecule has 2 fully saturated rings. The van der Waals surface area contributed by atoms with Crippen molar-refractivity contribution >= 4 is 11.8 Å². The van der Waals surface area contributed by atoms with E-state index in [0.29, 0.717) is 25.9 Å². The minimum absolute atomic E-state index is 0.357. The van der Waals surface area contributed by atoms with Crippen molar-refractivity contribution in [2.45, 2.75) is 69.4 Å². The summed E-state index contributed by atoms with van der Waals surface area (Å²) in [7, 11) is 0. The Bertz CT molecular complexity index is 758. The molecule has 1 aromatic rings. The number of carbonyl (C=O) groups is 1. The van der Waals surface area contributed by atoms with E-state index in [1.807, 2.05) is 49.9 Å². The molecule has 3 heterocycles. The van der Waals surface area contributed by atoms with Gasteiger partial charge >= 0.3 is 6.09 Å². The fourth-order valence-corrected chi connectivity index (χ4v) is 4.61. The van der Waals surface area contributed by atoms with Crippen LogP contribution in [-0.4, -0.2) is 69.7 Å². The number of hydrogen-bond donors (Lipinski definition) is 4. The van der Waals surface area contributed by atoms with E-state index in [0.717, 1.165) is 11.3 Å². The predicted octanol–water partition coefficient (Wildman–Crippen LogP) is 0.702. The average Bonchev–Trinajstić information content (AvgIpc) is 2.81. The summed E-state index contributed by atoms with van der Waals surface area (Å²) in [5, 5.41) is 34.2. The molecule has 3 aliphatic rings. The Labute approximate surface area is 164 Å². The molecule has 8 nitrogen and oxygen atoms in total. The van der Waals surface area contributed by atoms with Gasteiger partial charge in [-0.3, -0.25) is 5.32 Å². The van der Waals surface area contributed by atoms with E-state index in [-0.39, 0.29) is 12.1 Å². The maximum Gasteiger partial charge on any atom is 0.410 e. The van der Waals surface area contributed by atoms with Gasteiger partial charge in [0.05, 0.1) is 11.5 Å². The Balaban J connectivity index is 1.59. The molecule has 4 unspecified atom stereocenters. The maximum atomic E-state index is 12.4. The van der Waals surface area contributed by atoms with E-state index in [1.54, 1.807) is 4.90 Å². The highest BCUT2D eigenvalue weighted by atomic mass is 16.6. The van der Waals surface area contributed by atoms with Crippen LogP contribution in [0.1, 0.15) is 39.2 Å². The van der Waals surface area contributed by atoms with Gasteiger partial charge in [-0.25, -0.2) is 4.79 Å². The van der Waals surface area contributed by atoms with Gasteiger partial charge in [0.25, 0.3) is 0 Å². The van der Waals surface area contributed by atoms with Gasteiger partial charge in [-0.2, -0.15) is 0 Å². The second kappa shape index (κ2) is 6.59. The fourth-order valence-electron chi connectivity index (χ4n) is 4.61. The highest BCUT2D eigenvalue weighted by Gasteiger charge is 2.60. The fraction of sp³-hybridized carbons (Fsp3) is 0.650. The summed E-state index contributed by atoms with van der Waals surface area (Å²) < 4.78 is 5.45. The monoisotopic (exact) mass is 391 g/mol. The second-order valence-electron chi connectivity index (χ2n) is 9.06. The van der Waals surface area contributed by atoms with Crippen molar-refractivity contribution in [1.29, 1.82) is 0 Å². The zero-order chi connectivity index (χ0) is 20.3. The number of benzene rings is 1. The van der Waals surface area contributed by atoms with Crippen LogP contribution in [0.2, 0.25) is 0 Å². The van der Waals surface area contributed by atoms with E-state index >= 15 is 0 Å². The molecule has 0 bridgehead atoms. The minimum Gasteiger partial charge on any atom is -0.444 e. The van der Waals surface area contributed by atoms with Crippen LogP contribution in [0.4, 0.5) is 10.5 Å². The molecule has 1 aromatic carbocycles. The van der Waals surface area contributed by atoms with E-state index in [2.05, 4.69) is 5.32 Å². The lowest BCUT2D eigenvalue weighted by Crippen LogP contribution is -2.69. The Kier molecular flexibility index (Phi) is 4.58. The number of rotatable bonds is 1. The van der Waals surface area contributed by atoms with E-state index in [9.17, 15) is 20.1 Å². The van der Waals surface area contributed by atoms with E-state index < -0.39 is 29.7 Å². The molecular weight excluding hydrogens is 362 g/mol. The number of fused-ring (bicyclic) bond motifs is 2. The summed E-state index contributed by atoms with van der Waals surface area (Å²) in [6, 6.07) is 7.37. The molecular formula is C20H29N3O5. The van der Waals surface area contributed by atoms with Crippen LogP contribution in [0, 0.1) is 0 Å². The molecule has 0 radical (unpaired) electrons. The van der Waals surface area contributed by atoms with Gasteiger partial charge in [0.2, 0.25) is 0 Å². The number of aliphatic hydroxyl groups is 3. The van der Waals surface area contributed by atoms with Crippen molar-refractivity contribution in [1.82, 2.24) is 10.2 Å². The van der Waals surface area contributed by atoms with Crippen molar-refractivity contribution in [3.63, 3.8) is 0 Å². The van der Waals surface area contributed by atoms with Crippen LogP contribution in [0.15, 0.2) is 24.3 Å². The zero-order valence-corrected chi connectivity index (χ0v) is 16.5. The lowest BCUT2D eigenvalue weighted by atomic mass is 9.74. The Morgan fingerprint density at radius 2 is 1.86 bits per heavy atom. The summed E-state index contributed by atoms with van der Waals surface area (Å²) >= 11 is 0. The number of piperidine rings is 1. The molecule has 8 heteroatoms. The van der Waals surface area contributed by atoms with E-state index in [1.165, 1.54) is 0 Å². The molecule has 28 heavy (non-hydrogen) atoms. The van der Waals surface area contributed by atoms with Crippen LogP contribution >= 0.6 is 0 Å². The lowest BCUT2D eigenvalue weighted by Gasteiger charge is -2.51. The maximum absolute atomic E-state index is 12.4. The molecule has 2 saturated heterocycles. The number of nitrogens with zero attached hydrogens (tertiary/aromatic N) is 2. The van der Waals surface area contributed by atoms with Gasteiger partial charge in [0.1, 0.15) is 24.3 Å². The molecule has 1 amide bonds. The first-order valence-corrected chi connectivity index (χ1v) is 9.78. The first-order chi connectivity index (χ1) is 13.1. The zero-order valence-electron chi connectivity index (χ0n) is 16.5. The normalized spacial score (nSPS) is 31.5. The first-order valence-electron chi connectivity index (χ1n) is 9.78. The van der Waals surface area contributed by atoms with Crippen molar-refractivity contribution in [3.8, 4) is 0 Å². The molecule has 0 saturated carbocycles. The first kappa shape index (κ1) is 19.4. The van der Waals surface area contributed by atoms with E-state index in [4.69, 9.17) is 4.74 Å². The number of carbonyl (C=O) groups excluding carboxylic acids is 1. The van der Waals surface area contributed by atoms with Crippen LogP contribution in [-0.2, 0) is 10.2 Å². The summed E-state index contributed by atoms with van der Waals surface area (Å²) in [4.78, 5) is 15.8. The standard InChI is InChI=1S/C20H29N3O5/c1-19(2,3)28-18(27)22-10-20(11-22)12-6-4-5-7-13(12)23(17(20)26)14-8-9-15(24)21-16(14)25/h4-7,14-17,21,24-26H,8-11H2,1-3H3. The van der Waals surface area contributed by atoms with Crippen molar-refractivity contribution in [3.05, 3.63) is 29.8 Å². The Morgan fingerprint density at radius 3 is 2.50 bits per heavy atom. The van der Waals surface area contributed by atoms with Crippen molar-refractivity contribution in [2.75, 3.05) is 18.0 Å². The number of ether oxygens (including phenoxy) is 1. The Morgan fingerprint density at radius 1 is 1.18 bits per heavy atom. The number of para-hydroxylation sites is 1. The molecule has 1 spiro atoms. The number of aliphatic hydroxyl groups excluding tert-OH is 3. The van der Waals surface area contributed by atoms with Gasteiger partial charge < -0.3 is 29.9 Å². The van der Waals surface area contributed by atoms with Gasteiger partial charge in [0, 0.05) is 18.8 Å². The number of hydrogen-bond acceptors (Lipinski definition) is 7. The van der Waals surface area contributed by atoms with Crippen LogP contribution in [0.3, 0.4) is 0 Å². The van der Waals surface area contributed by atoms with Crippen LogP contribution < -0.4 is 10.2 Å². The molecule has 4 rings (SSSR count). The van der Waals surface area contributed by atoms with Gasteiger partial charge in [0.15, 0.2) is 0 Å². The quantitative estimate of drug-likeness (QED) is 0.559. The molecule has 4 atom stereocenters. The van der Waals surface area contributed by atoms with Gasteiger partial charge in [-0.05, 0) is 45.2 Å². The number of likely N-dealkylation sites (tertiary alicyclic amines) is 1. The third-order valence-corrected chi connectivity index (χ3v) is 5.89. The van der Waals surface area contributed by atoms with Crippen LogP contribution in [0.5, 0.6) is 0 Å². The summed E-state index contributed by atoms with van der Waals surface area (Å²) in [5.74, 6) is 0. The molecule has 4 N–H and O–H groups in total. The topological polar surface area (TPSA) is 106 Å². The third-order valence-electron chi connectivity index (χ3n) is 5.89. The average molecular weight is 391 g/mol. The molecule has 0 aliphatic carbocycles. The van der Waals surface area contributed by atoms with Crippen LogP contribution in [0.25, 0.3) is 0 Å². The smallest absolute Gasteiger partial charge is 0.410 e. The highest BCUT2D eigenvalue weighted by molar-refractivity contribution is 5.73. The molecule has 0 aromatic heterocycles. The SMILES string of the molecule is CC(C)(C)OC(=O)N1CC2(C1)c1ccccc1N(C1CCC(O)NC1O)C2O. The predicted molar refractivity (Wildman–Crippen MR) is 103 cm³/mol. The summed E-state index contributed by atoms with van der Waals surface area (Å²) in [6.45, 7) is 6.19. The molecule has 154 valence electrons. The van der Waals surface area contributed by atoms with Crippen molar-refractivity contribution in [2.24, 2.45) is 0 Å². The number of amides is 1. The van der Waals surface area contributed by atoms with Gasteiger partial charge in [-0.15, -0.1) is 0 Å². The van der Waals surface area contributed by atoms with Gasteiger partial charge in [-0.1, -0.05) is 18.2 Å². The highest BCUT2D eigenvalue weighted by Crippen LogP contribution is 2.51.